The number of hydrogen-bond donors (Lipinski definition) is 1. The molecule has 0 bridgehead atoms. The van der Waals surface area contributed by atoms with Gasteiger partial charge in [-0.05, 0) is 33.6 Å². The Hall–Kier alpha value is -0.613. The third-order valence-corrected chi connectivity index (χ3v) is 4.03. The summed E-state index contributed by atoms with van der Waals surface area (Å²) in [6, 6.07) is 0. The number of ether oxygens (including phenoxy) is 1. The number of carbonyl (C=O) groups excluding carboxylic acids is 1. The number of aliphatic hydroxyl groups is 1. The summed E-state index contributed by atoms with van der Waals surface area (Å²) in [7, 11) is -1.38. The Labute approximate surface area is 111 Å². The molecule has 0 amide bonds. The Morgan fingerprint density at radius 2 is 1.94 bits per heavy atom. The number of aliphatic hydroxyl groups excluding tert-OH is 1. The lowest BCUT2D eigenvalue weighted by atomic mass is 10.0. The van der Waals surface area contributed by atoms with Gasteiger partial charge in [0.2, 0.25) is 0 Å². The van der Waals surface area contributed by atoms with E-state index in [1.807, 2.05) is 20.8 Å². The Bertz CT molecular complexity index is 347. The van der Waals surface area contributed by atoms with Crippen LogP contribution in [0.15, 0.2) is 11.3 Å². The van der Waals surface area contributed by atoms with Gasteiger partial charge in [-0.2, -0.15) is 0 Å². The first-order valence-electron chi connectivity index (χ1n) is 6.62. The zero-order valence-corrected chi connectivity index (χ0v) is 13.4. The monoisotopic (exact) mass is 270 g/mol. The van der Waals surface area contributed by atoms with Gasteiger partial charge in [0, 0.05) is 0 Å². The molecule has 1 aliphatic carbocycles. The summed E-state index contributed by atoms with van der Waals surface area (Å²) in [5.41, 5.74) is 2.82. The second-order valence-corrected chi connectivity index (χ2v) is 12.2. The van der Waals surface area contributed by atoms with E-state index in [0.29, 0.717) is 6.42 Å². The molecule has 18 heavy (non-hydrogen) atoms. The second-order valence-electron chi connectivity index (χ2n) is 7.20. The lowest BCUT2D eigenvalue weighted by molar-refractivity contribution is -0.161. The highest BCUT2D eigenvalue weighted by molar-refractivity contribution is 6.81. The molecule has 0 aromatic heterocycles. The molecule has 1 rings (SSSR count). The molecule has 1 aliphatic rings. The lowest BCUT2D eigenvalue weighted by Crippen LogP contribution is -2.33. The molecule has 1 fully saturated rings. The van der Waals surface area contributed by atoms with Crippen molar-refractivity contribution >= 4 is 14.0 Å². The van der Waals surface area contributed by atoms with E-state index in [-0.39, 0.29) is 5.97 Å². The van der Waals surface area contributed by atoms with Crippen molar-refractivity contribution in [2.75, 3.05) is 0 Å². The quantitative estimate of drug-likeness (QED) is 0.620. The van der Waals surface area contributed by atoms with Gasteiger partial charge in [-0.1, -0.05) is 30.9 Å². The maximum Gasteiger partial charge on any atom is 0.316 e. The molecule has 104 valence electrons. The lowest BCUT2D eigenvalue weighted by Gasteiger charge is -2.24. The van der Waals surface area contributed by atoms with Crippen LogP contribution in [0.3, 0.4) is 0 Å². The SMILES string of the molecule is CC(C)(C)OC(=O)[C@H]1/C(=C/[Si](C)(C)C)CC[C@@H]1O. The highest BCUT2D eigenvalue weighted by Gasteiger charge is 2.39. The summed E-state index contributed by atoms with van der Waals surface area (Å²) in [6.45, 7) is 12.3. The van der Waals surface area contributed by atoms with Crippen LogP contribution in [-0.2, 0) is 9.53 Å². The number of hydrogen-bond acceptors (Lipinski definition) is 3. The summed E-state index contributed by atoms with van der Waals surface area (Å²) in [6.07, 6.45) is 0.901. The van der Waals surface area contributed by atoms with Gasteiger partial charge < -0.3 is 9.84 Å². The summed E-state index contributed by atoms with van der Waals surface area (Å²) in [4.78, 5) is 12.2. The van der Waals surface area contributed by atoms with Crippen LogP contribution in [-0.4, -0.2) is 30.9 Å². The van der Waals surface area contributed by atoms with Gasteiger partial charge in [0.05, 0.1) is 14.2 Å². The summed E-state index contributed by atoms with van der Waals surface area (Å²) >= 11 is 0. The molecule has 4 heteroatoms. The highest BCUT2D eigenvalue weighted by atomic mass is 28.3. The molecule has 0 unspecified atom stereocenters. The van der Waals surface area contributed by atoms with Crippen molar-refractivity contribution in [1.29, 1.82) is 0 Å². The molecule has 3 nitrogen and oxygen atoms in total. The van der Waals surface area contributed by atoms with E-state index in [1.54, 1.807) is 0 Å². The van der Waals surface area contributed by atoms with Crippen LogP contribution in [0.25, 0.3) is 0 Å². The van der Waals surface area contributed by atoms with E-state index in [9.17, 15) is 9.90 Å². The first kappa shape index (κ1) is 15.4. The van der Waals surface area contributed by atoms with Crippen LogP contribution in [0.1, 0.15) is 33.6 Å². The Morgan fingerprint density at radius 1 is 1.39 bits per heavy atom. The predicted molar refractivity (Wildman–Crippen MR) is 76.0 cm³/mol. The number of esters is 1. The summed E-state index contributed by atoms with van der Waals surface area (Å²) in [5.74, 6) is -0.729. The first-order valence-corrected chi connectivity index (χ1v) is 10.2. The van der Waals surface area contributed by atoms with E-state index in [4.69, 9.17) is 4.74 Å². The van der Waals surface area contributed by atoms with Crippen molar-refractivity contribution in [3.8, 4) is 0 Å². The van der Waals surface area contributed by atoms with E-state index < -0.39 is 25.7 Å². The van der Waals surface area contributed by atoms with Gasteiger partial charge >= 0.3 is 5.97 Å². The third kappa shape index (κ3) is 4.57. The molecule has 1 saturated carbocycles. The fraction of sp³-hybridized carbons (Fsp3) is 0.786. The Kier molecular flexibility index (Phi) is 4.44. The Balaban J connectivity index is 2.90. The molecule has 0 spiro atoms. The topological polar surface area (TPSA) is 46.5 Å². The molecule has 0 radical (unpaired) electrons. The van der Waals surface area contributed by atoms with Crippen LogP contribution in [0.4, 0.5) is 0 Å². The van der Waals surface area contributed by atoms with Crippen molar-refractivity contribution in [2.45, 2.75) is 65.0 Å². The summed E-state index contributed by atoms with van der Waals surface area (Å²) in [5, 5.41) is 10.00. The first-order chi connectivity index (χ1) is 7.99. The predicted octanol–water partition coefficient (Wildman–Crippen LogP) is 2.90. The van der Waals surface area contributed by atoms with Crippen LogP contribution < -0.4 is 0 Å². The summed E-state index contributed by atoms with van der Waals surface area (Å²) < 4.78 is 5.41. The second kappa shape index (κ2) is 5.17. The minimum atomic E-state index is -1.38. The molecule has 0 heterocycles. The fourth-order valence-electron chi connectivity index (χ4n) is 2.28. The van der Waals surface area contributed by atoms with Crippen LogP contribution in [0, 0.1) is 5.92 Å². The van der Waals surface area contributed by atoms with Crippen molar-refractivity contribution < 1.29 is 14.6 Å². The van der Waals surface area contributed by atoms with Gasteiger partial charge in [-0.3, -0.25) is 4.79 Å². The molecular formula is C14H26O3Si. The van der Waals surface area contributed by atoms with Crippen molar-refractivity contribution in [3.63, 3.8) is 0 Å². The molecule has 2 atom stereocenters. The third-order valence-electron chi connectivity index (χ3n) is 2.79. The van der Waals surface area contributed by atoms with Crippen LogP contribution in [0.5, 0.6) is 0 Å². The molecule has 0 aromatic rings. The fourth-order valence-corrected chi connectivity index (χ4v) is 3.71. The molecular weight excluding hydrogens is 244 g/mol. The minimum Gasteiger partial charge on any atom is -0.459 e. The van der Waals surface area contributed by atoms with E-state index >= 15 is 0 Å². The zero-order valence-electron chi connectivity index (χ0n) is 12.4. The molecule has 0 aliphatic heterocycles. The minimum absolute atomic E-state index is 0.281. The van der Waals surface area contributed by atoms with Gasteiger partial charge in [0.1, 0.15) is 11.5 Å². The Morgan fingerprint density at radius 3 is 2.39 bits per heavy atom. The van der Waals surface area contributed by atoms with Gasteiger partial charge in [0.15, 0.2) is 0 Å². The van der Waals surface area contributed by atoms with E-state index in [1.165, 1.54) is 0 Å². The van der Waals surface area contributed by atoms with Crippen molar-refractivity contribution in [2.24, 2.45) is 5.92 Å². The van der Waals surface area contributed by atoms with Crippen LogP contribution in [0.2, 0.25) is 19.6 Å². The molecule has 0 aromatic carbocycles. The van der Waals surface area contributed by atoms with Gasteiger partial charge in [-0.15, -0.1) is 0 Å². The number of rotatable bonds is 2. The maximum absolute atomic E-state index is 12.2. The zero-order chi connectivity index (χ0) is 14.1. The number of carbonyl (C=O) groups is 1. The van der Waals surface area contributed by atoms with E-state index in [2.05, 4.69) is 25.3 Å². The standard InChI is InChI=1S/C14H26O3Si/c1-14(2,3)17-13(16)12-10(7-8-11(12)15)9-18(4,5)6/h9,11-12,15H,7-8H2,1-6H3/b10-9+/t11-,12-/m0/s1. The molecule has 1 N–H and O–H groups in total. The van der Waals surface area contributed by atoms with Gasteiger partial charge in [0.25, 0.3) is 0 Å². The maximum atomic E-state index is 12.2. The smallest absolute Gasteiger partial charge is 0.316 e. The van der Waals surface area contributed by atoms with Crippen molar-refractivity contribution in [3.05, 3.63) is 11.3 Å². The van der Waals surface area contributed by atoms with Gasteiger partial charge in [-0.25, -0.2) is 0 Å². The largest absolute Gasteiger partial charge is 0.459 e. The van der Waals surface area contributed by atoms with E-state index in [0.717, 1.165) is 12.0 Å². The highest BCUT2D eigenvalue weighted by Crippen LogP contribution is 2.34. The average molecular weight is 270 g/mol. The average Bonchev–Trinajstić information content (AvgIpc) is 2.40. The normalized spacial score (nSPS) is 27.6. The van der Waals surface area contributed by atoms with Crippen molar-refractivity contribution in [1.82, 2.24) is 0 Å². The molecule has 0 saturated heterocycles. The van der Waals surface area contributed by atoms with Crippen LogP contribution >= 0.6 is 0 Å².